The van der Waals surface area contributed by atoms with E-state index in [1.165, 1.54) is 29.2 Å². The molecule has 2 aromatic carbocycles. The SMILES string of the molecule is CCCCCOc1ccc(/C(O)=C2/C(=O)C(=O)N(CCOC(C)C)C2c2ccc(F)cc2)cc1. The normalized spacial score (nSPS) is 17.6. The van der Waals surface area contributed by atoms with Crippen molar-refractivity contribution in [1.29, 1.82) is 0 Å². The predicted molar refractivity (Wildman–Crippen MR) is 128 cm³/mol. The predicted octanol–water partition coefficient (Wildman–Crippen LogP) is 5.24. The van der Waals surface area contributed by atoms with E-state index in [9.17, 15) is 19.1 Å². The molecule has 182 valence electrons. The lowest BCUT2D eigenvalue weighted by Gasteiger charge is -2.25. The molecule has 1 N–H and O–H groups in total. The van der Waals surface area contributed by atoms with E-state index in [4.69, 9.17) is 9.47 Å². The van der Waals surface area contributed by atoms with Crippen LogP contribution in [0.5, 0.6) is 5.75 Å². The Hall–Kier alpha value is -3.19. The Labute approximate surface area is 200 Å². The third-order valence-electron chi connectivity index (χ3n) is 5.65. The first kappa shape index (κ1) is 25.4. The Morgan fingerprint density at radius 2 is 1.71 bits per heavy atom. The van der Waals surface area contributed by atoms with Gasteiger partial charge in [-0.3, -0.25) is 9.59 Å². The number of benzene rings is 2. The van der Waals surface area contributed by atoms with Gasteiger partial charge in [-0.15, -0.1) is 0 Å². The lowest BCUT2D eigenvalue weighted by molar-refractivity contribution is -0.140. The number of ether oxygens (including phenoxy) is 2. The van der Waals surface area contributed by atoms with Crippen LogP contribution in [-0.4, -0.2) is 47.6 Å². The first-order valence-corrected chi connectivity index (χ1v) is 11.7. The maximum Gasteiger partial charge on any atom is 0.295 e. The Morgan fingerprint density at radius 3 is 2.32 bits per heavy atom. The second kappa shape index (κ2) is 11.8. The highest BCUT2D eigenvalue weighted by molar-refractivity contribution is 6.46. The number of nitrogens with zero attached hydrogens (tertiary/aromatic N) is 1. The highest BCUT2D eigenvalue weighted by Crippen LogP contribution is 2.39. The molecular weight excluding hydrogens is 437 g/mol. The van der Waals surface area contributed by atoms with Gasteiger partial charge in [0.2, 0.25) is 0 Å². The van der Waals surface area contributed by atoms with Crippen LogP contribution in [0.4, 0.5) is 4.39 Å². The maximum absolute atomic E-state index is 13.6. The van der Waals surface area contributed by atoms with Gasteiger partial charge in [-0.2, -0.15) is 0 Å². The fourth-order valence-electron chi connectivity index (χ4n) is 3.90. The summed E-state index contributed by atoms with van der Waals surface area (Å²) in [7, 11) is 0. The van der Waals surface area contributed by atoms with Gasteiger partial charge in [0, 0.05) is 12.1 Å². The molecular formula is C27H32FNO5. The van der Waals surface area contributed by atoms with Crippen LogP contribution in [0.15, 0.2) is 54.1 Å². The molecule has 0 aromatic heterocycles. The molecule has 1 atom stereocenters. The number of Topliss-reactive ketones (excluding diaryl/α,β-unsaturated/α-hetero) is 1. The molecule has 0 aliphatic carbocycles. The summed E-state index contributed by atoms with van der Waals surface area (Å²) in [5, 5.41) is 11.1. The summed E-state index contributed by atoms with van der Waals surface area (Å²) in [6, 6.07) is 11.5. The Morgan fingerprint density at radius 1 is 1.03 bits per heavy atom. The Kier molecular flexibility index (Phi) is 8.82. The lowest BCUT2D eigenvalue weighted by Crippen LogP contribution is -2.33. The second-order valence-electron chi connectivity index (χ2n) is 8.54. The molecule has 1 aliphatic rings. The van der Waals surface area contributed by atoms with Crippen molar-refractivity contribution in [3.8, 4) is 5.75 Å². The van der Waals surface area contributed by atoms with Gasteiger partial charge < -0.3 is 19.5 Å². The van der Waals surface area contributed by atoms with Gasteiger partial charge in [-0.25, -0.2) is 4.39 Å². The number of aliphatic hydroxyl groups is 1. The quantitative estimate of drug-likeness (QED) is 0.211. The molecule has 1 saturated heterocycles. The van der Waals surface area contributed by atoms with Crippen molar-refractivity contribution >= 4 is 17.4 Å². The Balaban J connectivity index is 1.93. The van der Waals surface area contributed by atoms with Crippen LogP contribution < -0.4 is 4.74 Å². The minimum atomic E-state index is -0.846. The van der Waals surface area contributed by atoms with Crippen molar-refractivity contribution < 1.29 is 28.6 Å². The number of aliphatic hydroxyl groups excluding tert-OH is 1. The van der Waals surface area contributed by atoms with E-state index in [-0.39, 0.29) is 30.6 Å². The van der Waals surface area contributed by atoms with Crippen molar-refractivity contribution in [1.82, 2.24) is 4.90 Å². The molecule has 7 heteroatoms. The molecule has 1 fully saturated rings. The van der Waals surface area contributed by atoms with Gasteiger partial charge in [-0.05, 0) is 62.2 Å². The number of ketones is 1. The van der Waals surface area contributed by atoms with E-state index >= 15 is 0 Å². The topological polar surface area (TPSA) is 76.1 Å². The van der Waals surface area contributed by atoms with Crippen molar-refractivity contribution in [2.45, 2.75) is 52.2 Å². The molecule has 0 spiro atoms. The molecule has 0 saturated carbocycles. The fraction of sp³-hybridized carbons (Fsp3) is 0.407. The summed E-state index contributed by atoms with van der Waals surface area (Å²) < 4.78 is 24.9. The smallest absolute Gasteiger partial charge is 0.295 e. The summed E-state index contributed by atoms with van der Waals surface area (Å²) >= 11 is 0. The number of halogens is 1. The zero-order chi connectivity index (χ0) is 24.7. The van der Waals surface area contributed by atoms with Crippen LogP contribution in [0.1, 0.15) is 57.2 Å². The third kappa shape index (κ3) is 6.03. The first-order chi connectivity index (χ1) is 16.3. The zero-order valence-corrected chi connectivity index (χ0v) is 19.9. The average Bonchev–Trinajstić information content (AvgIpc) is 3.07. The van der Waals surface area contributed by atoms with Crippen LogP contribution in [0, 0.1) is 5.82 Å². The molecule has 1 amide bonds. The first-order valence-electron chi connectivity index (χ1n) is 11.7. The van der Waals surface area contributed by atoms with Crippen LogP contribution in [0.25, 0.3) is 5.76 Å². The summed E-state index contributed by atoms with van der Waals surface area (Å²) in [6.07, 6.45) is 3.11. The molecule has 0 bridgehead atoms. The molecule has 1 unspecified atom stereocenters. The maximum atomic E-state index is 13.6. The van der Waals surface area contributed by atoms with E-state index in [2.05, 4.69) is 6.92 Å². The third-order valence-corrected chi connectivity index (χ3v) is 5.65. The van der Waals surface area contributed by atoms with Gasteiger partial charge in [0.1, 0.15) is 17.3 Å². The molecule has 2 aromatic rings. The summed E-state index contributed by atoms with van der Waals surface area (Å²) in [4.78, 5) is 27.3. The Bertz CT molecular complexity index is 1010. The number of likely N-dealkylation sites (tertiary alicyclic amines) is 1. The number of unbranched alkanes of at least 4 members (excludes halogenated alkanes) is 2. The summed E-state index contributed by atoms with van der Waals surface area (Å²) in [5.41, 5.74) is 0.893. The van der Waals surface area contributed by atoms with Gasteiger partial charge in [-0.1, -0.05) is 31.9 Å². The van der Waals surface area contributed by atoms with Crippen LogP contribution in [0.3, 0.4) is 0 Å². The standard InChI is InChI=1S/C27H32FNO5/c1-4-5-6-16-34-22-13-9-20(10-14-22)25(30)23-24(19-7-11-21(28)12-8-19)29(27(32)26(23)31)15-17-33-18(2)3/h7-14,18,24,30H,4-6,15-17H2,1-3H3/b25-23-. The highest BCUT2D eigenvalue weighted by atomic mass is 19.1. The second-order valence-corrected chi connectivity index (χ2v) is 8.54. The minimum Gasteiger partial charge on any atom is -0.507 e. The molecule has 6 nitrogen and oxygen atoms in total. The van der Waals surface area contributed by atoms with E-state index in [0.717, 1.165) is 19.3 Å². The number of carbonyl (C=O) groups is 2. The van der Waals surface area contributed by atoms with Crippen LogP contribution >= 0.6 is 0 Å². The minimum absolute atomic E-state index is 0.0298. The fourth-order valence-corrected chi connectivity index (χ4v) is 3.90. The van der Waals surface area contributed by atoms with E-state index in [0.29, 0.717) is 23.5 Å². The zero-order valence-electron chi connectivity index (χ0n) is 19.9. The van der Waals surface area contributed by atoms with Gasteiger partial charge in [0.05, 0.1) is 30.9 Å². The highest BCUT2D eigenvalue weighted by Gasteiger charge is 2.45. The summed E-state index contributed by atoms with van der Waals surface area (Å²) in [6.45, 7) is 6.87. The average molecular weight is 470 g/mol. The number of amides is 1. The van der Waals surface area contributed by atoms with Crippen molar-refractivity contribution in [2.24, 2.45) is 0 Å². The number of hydrogen-bond acceptors (Lipinski definition) is 5. The van der Waals surface area contributed by atoms with Gasteiger partial charge in [0.15, 0.2) is 0 Å². The number of carbonyl (C=O) groups excluding carboxylic acids is 2. The van der Waals surface area contributed by atoms with E-state index in [1.54, 1.807) is 24.3 Å². The van der Waals surface area contributed by atoms with Crippen LogP contribution in [0.2, 0.25) is 0 Å². The summed E-state index contributed by atoms with van der Waals surface area (Å²) in [5.74, 6) is -1.56. The largest absolute Gasteiger partial charge is 0.507 e. The van der Waals surface area contributed by atoms with Gasteiger partial charge in [0.25, 0.3) is 11.7 Å². The van der Waals surface area contributed by atoms with E-state index in [1.807, 2.05) is 13.8 Å². The number of hydrogen-bond donors (Lipinski definition) is 1. The van der Waals surface area contributed by atoms with E-state index < -0.39 is 23.5 Å². The molecule has 1 heterocycles. The van der Waals surface area contributed by atoms with Gasteiger partial charge >= 0.3 is 0 Å². The molecule has 3 rings (SSSR count). The van der Waals surface area contributed by atoms with Crippen molar-refractivity contribution in [3.63, 3.8) is 0 Å². The molecule has 1 aliphatic heterocycles. The number of rotatable bonds is 11. The van der Waals surface area contributed by atoms with Crippen molar-refractivity contribution in [2.75, 3.05) is 19.8 Å². The van der Waals surface area contributed by atoms with Crippen molar-refractivity contribution in [3.05, 3.63) is 71.0 Å². The molecule has 34 heavy (non-hydrogen) atoms. The lowest BCUT2D eigenvalue weighted by atomic mass is 9.95. The monoisotopic (exact) mass is 469 g/mol. The molecule has 0 radical (unpaired) electrons. The van der Waals surface area contributed by atoms with Crippen LogP contribution in [-0.2, 0) is 14.3 Å².